The molecule has 1 N–H and O–H groups in total. The summed E-state index contributed by atoms with van der Waals surface area (Å²) in [5, 5.41) is 4.95. The van der Waals surface area contributed by atoms with Crippen LogP contribution in [0.4, 0.5) is 5.82 Å². The molecule has 0 spiro atoms. The van der Waals surface area contributed by atoms with Crippen LogP contribution in [-0.4, -0.2) is 29.2 Å². The lowest BCUT2D eigenvalue weighted by Crippen LogP contribution is -2.31. The Kier molecular flexibility index (Phi) is 4.62. The summed E-state index contributed by atoms with van der Waals surface area (Å²) in [4.78, 5) is 11.0. The molecule has 1 fully saturated rings. The molecule has 114 valence electrons. The molecule has 3 heterocycles. The highest BCUT2D eigenvalue weighted by atomic mass is 35.5. The van der Waals surface area contributed by atoms with E-state index in [0.717, 1.165) is 48.5 Å². The monoisotopic (exact) mass is 325 g/mol. The second-order valence-corrected chi connectivity index (χ2v) is 6.96. The summed E-state index contributed by atoms with van der Waals surface area (Å²) in [6.45, 7) is 6.08. The van der Waals surface area contributed by atoms with Gasteiger partial charge >= 0.3 is 0 Å². The second-order valence-electron chi connectivity index (χ2n) is 5.51. The van der Waals surface area contributed by atoms with Gasteiger partial charge in [0.2, 0.25) is 5.28 Å². The zero-order chi connectivity index (χ0) is 14.8. The first-order chi connectivity index (χ1) is 10.2. The highest BCUT2D eigenvalue weighted by Crippen LogP contribution is 2.31. The number of thiophene rings is 1. The van der Waals surface area contributed by atoms with Gasteiger partial charge in [0.15, 0.2) is 0 Å². The Bertz CT molecular complexity index is 625. The molecule has 0 amide bonds. The summed E-state index contributed by atoms with van der Waals surface area (Å²) in [6, 6.07) is 2.53. The maximum absolute atomic E-state index is 6.07. The van der Waals surface area contributed by atoms with E-state index in [4.69, 9.17) is 16.3 Å². The third-order valence-electron chi connectivity index (χ3n) is 4.10. The number of rotatable bonds is 4. The molecule has 1 aliphatic heterocycles. The summed E-state index contributed by atoms with van der Waals surface area (Å²) < 4.78 is 5.43. The van der Waals surface area contributed by atoms with Crippen LogP contribution in [0, 0.1) is 5.92 Å². The fourth-order valence-corrected chi connectivity index (χ4v) is 3.97. The first-order valence-corrected chi connectivity index (χ1v) is 8.67. The number of nitrogens with one attached hydrogen (secondary N) is 1. The average molecular weight is 326 g/mol. The van der Waals surface area contributed by atoms with Crippen molar-refractivity contribution in [3.05, 3.63) is 16.2 Å². The molecule has 0 aromatic carbocycles. The van der Waals surface area contributed by atoms with Crippen LogP contribution in [0.15, 0.2) is 6.07 Å². The number of hydrogen-bond acceptors (Lipinski definition) is 5. The van der Waals surface area contributed by atoms with Gasteiger partial charge < -0.3 is 10.1 Å². The highest BCUT2D eigenvalue weighted by molar-refractivity contribution is 7.18. The van der Waals surface area contributed by atoms with Crippen LogP contribution in [0.3, 0.4) is 0 Å². The molecule has 0 aliphatic carbocycles. The Morgan fingerprint density at radius 3 is 2.90 bits per heavy atom. The number of fused-ring (bicyclic) bond motifs is 1. The fraction of sp³-hybridized carbons (Fsp3) is 0.600. The van der Waals surface area contributed by atoms with Crippen molar-refractivity contribution < 1.29 is 4.74 Å². The first-order valence-electron chi connectivity index (χ1n) is 7.47. The van der Waals surface area contributed by atoms with Gasteiger partial charge in [-0.15, -0.1) is 11.3 Å². The number of aromatic nitrogens is 2. The minimum Gasteiger partial charge on any atom is -0.381 e. The molecule has 2 aromatic rings. The molecule has 0 saturated carbocycles. The summed E-state index contributed by atoms with van der Waals surface area (Å²) in [6.07, 6.45) is 3.20. The Balaban J connectivity index is 1.86. The molecule has 1 saturated heterocycles. The van der Waals surface area contributed by atoms with Crippen LogP contribution in [0.5, 0.6) is 0 Å². The van der Waals surface area contributed by atoms with Gasteiger partial charge in [0.25, 0.3) is 0 Å². The highest BCUT2D eigenvalue weighted by Gasteiger charge is 2.22. The van der Waals surface area contributed by atoms with Gasteiger partial charge in [-0.05, 0) is 49.8 Å². The van der Waals surface area contributed by atoms with E-state index >= 15 is 0 Å². The maximum Gasteiger partial charge on any atom is 0.225 e. The van der Waals surface area contributed by atoms with E-state index in [-0.39, 0.29) is 0 Å². The molecule has 6 heteroatoms. The molecule has 0 radical (unpaired) electrons. The molecule has 0 bridgehead atoms. The number of ether oxygens (including phenoxy) is 1. The van der Waals surface area contributed by atoms with E-state index in [1.54, 1.807) is 11.3 Å². The van der Waals surface area contributed by atoms with E-state index in [2.05, 4.69) is 35.2 Å². The molecular formula is C15H20ClN3OS. The van der Waals surface area contributed by atoms with Gasteiger partial charge in [-0.1, -0.05) is 6.92 Å². The SMILES string of the molecule is CCc1cc2c(NC(C)C3CCOCC3)nc(Cl)nc2s1. The number of aryl methyl sites for hydroxylation is 1. The van der Waals surface area contributed by atoms with Crippen molar-refractivity contribution in [3.8, 4) is 0 Å². The van der Waals surface area contributed by atoms with Crippen molar-refractivity contribution in [1.29, 1.82) is 0 Å². The van der Waals surface area contributed by atoms with Crippen LogP contribution in [0.2, 0.25) is 5.28 Å². The quantitative estimate of drug-likeness (QED) is 0.858. The van der Waals surface area contributed by atoms with E-state index in [1.165, 1.54) is 4.88 Å². The Morgan fingerprint density at radius 1 is 1.43 bits per heavy atom. The zero-order valence-electron chi connectivity index (χ0n) is 12.4. The topological polar surface area (TPSA) is 47.0 Å². The van der Waals surface area contributed by atoms with Crippen LogP contribution in [0.1, 0.15) is 31.6 Å². The number of hydrogen-bond donors (Lipinski definition) is 1. The van der Waals surface area contributed by atoms with Gasteiger partial charge in [0.1, 0.15) is 10.6 Å². The van der Waals surface area contributed by atoms with E-state index in [9.17, 15) is 0 Å². The largest absolute Gasteiger partial charge is 0.381 e. The molecular weight excluding hydrogens is 306 g/mol. The van der Waals surface area contributed by atoms with Crippen molar-refractivity contribution in [3.63, 3.8) is 0 Å². The third kappa shape index (κ3) is 3.30. The second kappa shape index (κ2) is 6.46. The Hall–Kier alpha value is -0.910. The molecule has 1 aliphatic rings. The van der Waals surface area contributed by atoms with Crippen LogP contribution in [-0.2, 0) is 11.2 Å². The molecule has 21 heavy (non-hydrogen) atoms. The molecule has 1 unspecified atom stereocenters. The van der Waals surface area contributed by atoms with Crippen molar-refractivity contribution in [2.24, 2.45) is 5.92 Å². The van der Waals surface area contributed by atoms with E-state index < -0.39 is 0 Å². The molecule has 1 atom stereocenters. The normalized spacial score (nSPS) is 18.0. The lowest BCUT2D eigenvalue weighted by atomic mass is 9.93. The minimum absolute atomic E-state index is 0.314. The van der Waals surface area contributed by atoms with Gasteiger partial charge in [0, 0.05) is 24.1 Å². The van der Waals surface area contributed by atoms with Crippen LogP contribution >= 0.6 is 22.9 Å². The summed E-state index contributed by atoms with van der Waals surface area (Å²) in [5.74, 6) is 1.48. The predicted octanol–water partition coefficient (Wildman–Crippen LogP) is 4.13. The van der Waals surface area contributed by atoms with Gasteiger partial charge in [-0.2, -0.15) is 0 Å². The predicted molar refractivity (Wildman–Crippen MR) is 88.4 cm³/mol. The van der Waals surface area contributed by atoms with Crippen molar-refractivity contribution in [1.82, 2.24) is 9.97 Å². The van der Waals surface area contributed by atoms with Crippen molar-refractivity contribution in [2.45, 2.75) is 39.2 Å². The molecule has 2 aromatic heterocycles. The Labute approximate surface area is 133 Å². The summed E-state index contributed by atoms with van der Waals surface area (Å²) in [5.41, 5.74) is 0. The van der Waals surface area contributed by atoms with Crippen LogP contribution in [0.25, 0.3) is 10.2 Å². The summed E-state index contributed by atoms with van der Waals surface area (Å²) in [7, 11) is 0. The van der Waals surface area contributed by atoms with Gasteiger partial charge in [-0.3, -0.25) is 0 Å². The lowest BCUT2D eigenvalue weighted by molar-refractivity contribution is 0.0622. The van der Waals surface area contributed by atoms with Gasteiger partial charge in [0.05, 0.1) is 5.39 Å². The lowest BCUT2D eigenvalue weighted by Gasteiger charge is -2.28. The standard InChI is InChI=1S/C15H20ClN3OS/c1-3-11-8-12-13(18-15(16)19-14(12)21-11)17-9(2)10-4-6-20-7-5-10/h8-10H,3-7H2,1-2H3,(H,17,18,19). The van der Waals surface area contributed by atoms with Gasteiger partial charge in [-0.25, -0.2) is 9.97 Å². The average Bonchev–Trinajstić information content (AvgIpc) is 2.91. The fourth-order valence-electron chi connectivity index (χ4n) is 2.78. The van der Waals surface area contributed by atoms with Crippen molar-refractivity contribution in [2.75, 3.05) is 18.5 Å². The smallest absolute Gasteiger partial charge is 0.225 e. The zero-order valence-corrected chi connectivity index (χ0v) is 13.9. The molecule has 3 rings (SSSR count). The number of halogens is 1. The Morgan fingerprint density at radius 2 is 2.19 bits per heavy atom. The van der Waals surface area contributed by atoms with Crippen molar-refractivity contribution >= 4 is 39.0 Å². The number of anilines is 1. The number of nitrogens with zero attached hydrogens (tertiary/aromatic N) is 2. The molecule has 4 nitrogen and oxygen atoms in total. The minimum atomic E-state index is 0.314. The van der Waals surface area contributed by atoms with E-state index in [1.807, 2.05) is 0 Å². The maximum atomic E-state index is 6.07. The third-order valence-corrected chi connectivity index (χ3v) is 5.44. The van der Waals surface area contributed by atoms with E-state index in [0.29, 0.717) is 17.2 Å². The van der Waals surface area contributed by atoms with Crippen LogP contribution < -0.4 is 5.32 Å². The first kappa shape index (κ1) is 15.0. The summed E-state index contributed by atoms with van der Waals surface area (Å²) >= 11 is 7.76.